The number of thiophene rings is 1. The Hall–Kier alpha value is -2.48. The predicted octanol–water partition coefficient (Wildman–Crippen LogP) is 2.55. The van der Waals surface area contributed by atoms with E-state index in [-0.39, 0.29) is 11.5 Å². The topological polar surface area (TPSA) is 81.8 Å². The monoisotopic (exact) mass is 371 g/mol. The van der Waals surface area contributed by atoms with Gasteiger partial charge in [-0.3, -0.25) is 19.7 Å². The Morgan fingerprint density at radius 2 is 2.08 bits per heavy atom. The summed E-state index contributed by atoms with van der Waals surface area (Å²) in [5.41, 5.74) is 4.88. The van der Waals surface area contributed by atoms with E-state index in [4.69, 9.17) is 0 Å². The number of hydrogen-bond acceptors (Lipinski definition) is 5. The minimum Gasteiger partial charge on any atom is -0.269 e. The molecule has 3 heterocycles. The minimum atomic E-state index is -0.349. The van der Waals surface area contributed by atoms with Crippen LogP contribution in [-0.2, 0) is 19.4 Å². The maximum Gasteiger partial charge on any atom is 0.281 e. The van der Waals surface area contributed by atoms with Crippen molar-refractivity contribution in [3.63, 3.8) is 0 Å². The highest BCUT2D eigenvalue weighted by Gasteiger charge is 2.22. The van der Waals surface area contributed by atoms with Gasteiger partial charge in [-0.15, -0.1) is 11.3 Å². The van der Waals surface area contributed by atoms with E-state index in [1.807, 2.05) is 13.8 Å². The van der Waals surface area contributed by atoms with Crippen LogP contribution >= 0.6 is 11.3 Å². The van der Waals surface area contributed by atoms with Crippen molar-refractivity contribution in [2.45, 2.75) is 53.0 Å². The molecule has 0 aliphatic heterocycles. The number of amides is 1. The average molecular weight is 371 g/mol. The molecule has 4 rings (SSSR count). The molecule has 0 atom stereocenters. The van der Waals surface area contributed by atoms with Gasteiger partial charge in [0.25, 0.3) is 11.5 Å². The molecule has 0 unspecified atom stereocenters. The molecule has 0 saturated carbocycles. The molecular weight excluding hydrogens is 350 g/mol. The Morgan fingerprint density at radius 3 is 2.81 bits per heavy atom. The van der Waals surface area contributed by atoms with Crippen molar-refractivity contribution in [3.05, 3.63) is 44.1 Å². The first-order valence-electron chi connectivity index (χ1n) is 8.89. The molecule has 1 amide bonds. The molecule has 0 aromatic carbocycles. The van der Waals surface area contributed by atoms with Crippen LogP contribution in [0.2, 0.25) is 0 Å². The molecule has 26 heavy (non-hydrogen) atoms. The molecular formula is C18H21N5O2S. The van der Waals surface area contributed by atoms with Gasteiger partial charge >= 0.3 is 0 Å². The summed E-state index contributed by atoms with van der Waals surface area (Å²) < 4.78 is 3.02. The quantitative estimate of drug-likeness (QED) is 0.767. The van der Waals surface area contributed by atoms with Crippen LogP contribution in [0.3, 0.4) is 0 Å². The first-order valence-corrected chi connectivity index (χ1v) is 9.70. The summed E-state index contributed by atoms with van der Waals surface area (Å²) in [6, 6.07) is 0. The predicted molar refractivity (Wildman–Crippen MR) is 102 cm³/mol. The fourth-order valence-electron chi connectivity index (χ4n) is 3.59. The number of aromatic nitrogens is 4. The van der Waals surface area contributed by atoms with E-state index in [1.165, 1.54) is 15.8 Å². The Bertz CT molecular complexity index is 1080. The van der Waals surface area contributed by atoms with Crippen LogP contribution in [0.1, 0.15) is 52.1 Å². The highest BCUT2D eigenvalue weighted by molar-refractivity contribution is 7.18. The van der Waals surface area contributed by atoms with Crippen LogP contribution in [0.5, 0.6) is 0 Å². The highest BCUT2D eigenvalue weighted by Crippen LogP contribution is 2.33. The van der Waals surface area contributed by atoms with E-state index in [9.17, 15) is 9.59 Å². The highest BCUT2D eigenvalue weighted by atomic mass is 32.1. The van der Waals surface area contributed by atoms with Gasteiger partial charge in [-0.1, -0.05) is 0 Å². The molecule has 0 spiro atoms. The Labute approximate surface area is 154 Å². The Morgan fingerprint density at radius 1 is 1.31 bits per heavy atom. The smallest absolute Gasteiger partial charge is 0.269 e. The molecule has 0 saturated heterocycles. The number of rotatable bonds is 3. The Balaban J connectivity index is 1.77. The van der Waals surface area contributed by atoms with E-state index in [2.05, 4.69) is 15.5 Å². The maximum atomic E-state index is 13.1. The molecule has 7 nitrogen and oxygen atoms in total. The molecule has 3 aromatic heterocycles. The van der Waals surface area contributed by atoms with Crippen molar-refractivity contribution in [1.82, 2.24) is 19.4 Å². The van der Waals surface area contributed by atoms with Crippen molar-refractivity contribution in [2.75, 3.05) is 5.43 Å². The number of carbonyl (C=O) groups excluding carboxylic acids is 1. The van der Waals surface area contributed by atoms with Crippen molar-refractivity contribution in [1.29, 1.82) is 0 Å². The van der Waals surface area contributed by atoms with E-state index >= 15 is 0 Å². The number of nitrogens with one attached hydrogen (secondary N) is 1. The van der Waals surface area contributed by atoms with Gasteiger partial charge in [-0.25, -0.2) is 9.66 Å². The van der Waals surface area contributed by atoms with Crippen LogP contribution in [0.25, 0.3) is 10.2 Å². The molecule has 1 aliphatic carbocycles. The van der Waals surface area contributed by atoms with Crippen LogP contribution in [-0.4, -0.2) is 25.3 Å². The normalized spacial score (nSPS) is 13.8. The van der Waals surface area contributed by atoms with Gasteiger partial charge in [0.15, 0.2) is 0 Å². The van der Waals surface area contributed by atoms with Gasteiger partial charge in [0, 0.05) is 17.1 Å². The summed E-state index contributed by atoms with van der Waals surface area (Å²) in [6.45, 7) is 6.24. The lowest BCUT2D eigenvalue weighted by molar-refractivity contribution is 0.101. The first kappa shape index (κ1) is 17.0. The molecule has 1 aliphatic rings. The van der Waals surface area contributed by atoms with E-state index in [0.717, 1.165) is 41.8 Å². The number of hydrogen-bond donors (Lipinski definition) is 1. The molecule has 1 N–H and O–H groups in total. The standard InChI is InChI=1S/C18H21N5O2S/c1-4-22-10(2)13(9-19-22)16(24)21-23-11(3)20-17-15(18(23)25)12-7-5-6-8-14(12)26-17/h9H,4-8H2,1-3H3,(H,21,24). The number of nitrogens with zero attached hydrogens (tertiary/aromatic N) is 4. The maximum absolute atomic E-state index is 13.1. The molecule has 3 aromatic rings. The largest absolute Gasteiger partial charge is 0.281 e. The summed E-state index contributed by atoms with van der Waals surface area (Å²) in [4.78, 5) is 32.4. The van der Waals surface area contributed by atoms with Gasteiger partial charge in [0.1, 0.15) is 10.7 Å². The second-order valence-electron chi connectivity index (χ2n) is 6.59. The zero-order chi connectivity index (χ0) is 18.4. The summed E-state index contributed by atoms with van der Waals surface area (Å²) >= 11 is 1.61. The van der Waals surface area contributed by atoms with Gasteiger partial charge in [0.2, 0.25) is 0 Å². The lowest BCUT2D eigenvalue weighted by Gasteiger charge is -2.12. The zero-order valence-corrected chi connectivity index (χ0v) is 15.9. The number of fused-ring (bicyclic) bond motifs is 3. The summed E-state index contributed by atoms with van der Waals surface area (Å²) in [5.74, 6) is 0.132. The van der Waals surface area contributed by atoms with Crippen molar-refractivity contribution in [3.8, 4) is 0 Å². The van der Waals surface area contributed by atoms with Gasteiger partial charge < -0.3 is 0 Å². The third-order valence-corrected chi connectivity index (χ3v) is 6.20. The SMILES string of the molecule is CCn1ncc(C(=O)Nn2c(C)nc3sc4c(c3c2=O)CCCC4)c1C. The molecule has 0 fully saturated rings. The van der Waals surface area contributed by atoms with Crippen LogP contribution in [0.4, 0.5) is 0 Å². The lowest BCUT2D eigenvalue weighted by Crippen LogP contribution is -2.35. The van der Waals surface area contributed by atoms with Crippen molar-refractivity contribution in [2.24, 2.45) is 0 Å². The number of aryl methyl sites for hydroxylation is 4. The van der Waals surface area contributed by atoms with Gasteiger partial charge in [-0.05, 0) is 52.0 Å². The second kappa shape index (κ2) is 6.35. The van der Waals surface area contributed by atoms with Gasteiger partial charge in [0.05, 0.1) is 17.1 Å². The molecule has 0 radical (unpaired) electrons. The van der Waals surface area contributed by atoms with Crippen molar-refractivity contribution < 1.29 is 4.79 Å². The van der Waals surface area contributed by atoms with Crippen LogP contribution in [0.15, 0.2) is 11.0 Å². The minimum absolute atomic E-state index is 0.194. The zero-order valence-electron chi connectivity index (χ0n) is 15.1. The third-order valence-electron chi connectivity index (χ3n) is 5.02. The number of carbonyl (C=O) groups is 1. The summed E-state index contributed by atoms with van der Waals surface area (Å²) in [7, 11) is 0. The van der Waals surface area contributed by atoms with E-state index in [0.29, 0.717) is 23.3 Å². The lowest BCUT2D eigenvalue weighted by atomic mass is 9.97. The summed E-state index contributed by atoms with van der Waals surface area (Å²) in [6.07, 6.45) is 5.70. The second-order valence-corrected chi connectivity index (χ2v) is 7.67. The fourth-order valence-corrected chi connectivity index (χ4v) is 4.89. The van der Waals surface area contributed by atoms with E-state index < -0.39 is 0 Å². The molecule has 0 bridgehead atoms. The summed E-state index contributed by atoms with van der Waals surface area (Å²) in [5, 5.41) is 4.86. The molecule has 8 heteroatoms. The molecule has 136 valence electrons. The Kier molecular flexibility index (Phi) is 4.14. The van der Waals surface area contributed by atoms with E-state index in [1.54, 1.807) is 22.9 Å². The fraction of sp³-hybridized carbons (Fsp3) is 0.444. The first-order chi connectivity index (χ1) is 12.5. The van der Waals surface area contributed by atoms with Crippen LogP contribution in [0, 0.1) is 13.8 Å². The average Bonchev–Trinajstić information content (AvgIpc) is 3.18. The van der Waals surface area contributed by atoms with Gasteiger partial charge in [-0.2, -0.15) is 5.10 Å². The van der Waals surface area contributed by atoms with Crippen molar-refractivity contribution >= 4 is 27.5 Å². The third kappa shape index (κ3) is 2.56. The van der Waals surface area contributed by atoms with Crippen LogP contribution < -0.4 is 11.0 Å².